The average molecular weight is 574 g/mol. The zero-order valence-electron chi connectivity index (χ0n) is 24.3. The summed E-state index contributed by atoms with van der Waals surface area (Å²) in [5, 5.41) is 23.8. The van der Waals surface area contributed by atoms with Crippen LogP contribution in [0.4, 0.5) is 15.3 Å². The van der Waals surface area contributed by atoms with E-state index in [1.54, 1.807) is 17.0 Å². The predicted molar refractivity (Wildman–Crippen MR) is 161 cm³/mol. The molecule has 0 saturated carbocycles. The van der Waals surface area contributed by atoms with Gasteiger partial charge in [0.2, 0.25) is 0 Å². The van der Waals surface area contributed by atoms with Crippen molar-refractivity contribution < 1.29 is 29.3 Å². The van der Waals surface area contributed by atoms with Crippen LogP contribution in [-0.4, -0.2) is 78.3 Å². The Bertz CT molecular complexity index is 1350. The van der Waals surface area contributed by atoms with Gasteiger partial charge in [0.15, 0.2) is 0 Å². The molecule has 3 aromatic rings. The van der Waals surface area contributed by atoms with Crippen molar-refractivity contribution in [2.45, 2.75) is 44.5 Å². The van der Waals surface area contributed by atoms with E-state index in [4.69, 9.17) is 9.47 Å². The molecule has 9 nitrogen and oxygen atoms in total. The SMILES string of the molecule is CC(C)(C)OC(=O)N1CCN(c2ccc(C(O)C(O)CNC(=O)OCC3c4ccccc4-c4ccccc43)cc2)CC1. The monoisotopic (exact) mass is 573 g/mol. The number of aliphatic hydroxyl groups is 2. The summed E-state index contributed by atoms with van der Waals surface area (Å²) in [6, 6.07) is 23.5. The van der Waals surface area contributed by atoms with Gasteiger partial charge in [-0.2, -0.15) is 0 Å². The molecule has 1 heterocycles. The summed E-state index contributed by atoms with van der Waals surface area (Å²) in [4.78, 5) is 28.7. The number of alkyl carbamates (subject to hydrolysis) is 1. The topological polar surface area (TPSA) is 112 Å². The molecule has 2 unspecified atom stereocenters. The number of ether oxygens (including phenoxy) is 2. The minimum Gasteiger partial charge on any atom is -0.449 e. The number of hydrogen-bond donors (Lipinski definition) is 3. The zero-order chi connectivity index (χ0) is 29.9. The smallest absolute Gasteiger partial charge is 0.410 e. The molecule has 0 bridgehead atoms. The second-order valence-corrected chi connectivity index (χ2v) is 11.8. The molecule has 1 fully saturated rings. The van der Waals surface area contributed by atoms with Crippen LogP contribution in [0.25, 0.3) is 11.1 Å². The molecule has 0 radical (unpaired) electrons. The summed E-state index contributed by atoms with van der Waals surface area (Å²) in [6.07, 6.45) is -3.35. The molecule has 5 rings (SSSR count). The van der Waals surface area contributed by atoms with Crippen LogP contribution in [0.15, 0.2) is 72.8 Å². The predicted octanol–water partition coefficient (Wildman–Crippen LogP) is 4.68. The maximum Gasteiger partial charge on any atom is 0.410 e. The fourth-order valence-corrected chi connectivity index (χ4v) is 5.53. The van der Waals surface area contributed by atoms with E-state index in [0.29, 0.717) is 31.7 Å². The minimum absolute atomic E-state index is 0.0579. The third-order valence-corrected chi connectivity index (χ3v) is 7.69. The van der Waals surface area contributed by atoms with Gasteiger partial charge in [0.05, 0.1) is 0 Å². The van der Waals surface area contributed by atoms with Crippen molar-refractivity contribution in [2.24, 2.45) is 0 Å². The van der Waals surface area contributed by atoms with Crippen LogP contribution in [0, 0.1) is 0 Å². The Morgan fingerprint density at radius 3 is 2.02 bits per heavy atom. The van der Waals surface area contributed by atoms with Crippen LogP contribution in [0.3, 0.4) is 0 Å². The van der Waals surface area contributed by atoms with E-state index >= 15 is 0 Å². The number of benzene rings is 3. The lowest BCUT2D eigenvalue weighted by Gasteiger charge is -2.36. The van der Waals surface area contributed by atoms with Crippen molar-refractivity contribution in [3.63, 3.8) is 0 Å². The number of carbonyl (C=O) groups excluding carboxylic acids is 2. The third-order valence-electron chi connectivity index (χ3n) is 7.69. The molecular weight excluding hydrogens is 534 g/mol. The summed E-state index contributed by atoms with van der Waals surface area (Å²) in [5.41, 5.74) is 5.50. The van der Waals surface area contributed by atoms with E-state index in [2.05, 4.69) is 34.5 Å². The van der Waals surface area contributed by atoms with Gasteiger partial charge in [0.25, 0.3) is 0 Å². The van der Waals surface area contributed by atoms with E-state index in [1.807, 2.05) is 57.2 Å². The lowest BCUT2D eigenvalue weighted by atomic mass is 9.98. The van der Waals surface area contributed by atoms with Crippen LogP contribution >= 0.6 is 0 Å². The molecule has 2 aliphatic rings. The van der Waals surface area contributed by atoms with Gasteiger partial charge in [-0.3, -0.25) is 0 Å². The number of carbonyl (C=O) groups is 2. The molecule has 222 valence electrons. The van der Waals surface area contributed by atoms with Crippen LogP contribution in [0.5, 0.6) is 0 Å². The van der Waals surface area contributed by atoms with Gasteiger partial charge >= 0.3 is 12.2 Å². The summed E-state index contributed by atoms with van der Waals surface area (Å²) < 4.78 is 11.0. The van der Waals surface area contributed by atoms with Crippen LogP contribution < -0.4 is 10.2 Å². The first-order valence-corrected chi connectivity index (χ1v) is 14.4. The number of piperazine rings is 1. The summed E-state index contributed by atoms with van der Waals surface area (Å²) in [6.45, 7) is 8.00. The summed E-state index contributed by atoms with van der Waals surface area (Å²) in [7, 11) is 0. The molecule has 2 atom stereocenters. The largest absolute Gasteiger partial charge is 0.449 e. The number of anilines is 1. The molecule has 0 spiro atoms. The third kappa shape index (κ3) is 6.69. The van der Waals surface area contributed by atoms with Crippen LogP contribution in [0.1, 0.15) is 49.5 Å². The Kier molecular flexibility index (Phi) is 8.70. The van der Waals surface area contributed by atoms with Gasteiger partial charge in [-0.05, 0) is 60.7 Å². The van der Waals surface area contributed by atoms with Crippen molar-refractivity contribution in [1.29, 1.82) is 0 Å². The van der Waals surface area contributed by atoms with Gasteiger partial charge in [-0.15, -0.1) is 0 Å². The highest BCUT2D eigenvalue weighted by molar-refractivity contribution is 5.79. The Hall–Kier alpha value is -4.08. The summed E-state index contributed by atoms with van der Waals surface area (Å²) in [5.74, 6) is -0.0579. The molecule has 0 aromatic heterocycles. The van der Waals surface area contributed by atoms with Crippen molar-refractivity contribution in [2.75, 3.05) is 44.2 Å². The first kappa shape index (κ1) is 29.4. The molecule has 2 amide bonds. The molecule has 42 heavy (non-hydrogen) atoms. The fraction of sp³-hybridized carbons (Fsp3) is 0.394. The first-order chi connectivity index (χ1) is 20.1. The van der Waals surface area contributed by atoms with Gasteiger partial charge in [-0.1, -0.05) is 60.7 Å². The summed E-state index contributed by atoms with van der Waals surface area (Å²) >= 11 is 0. The molecule has 3 aromatic carbocycles. The van der Waals surface area contributed by atoms with Crippen LogP contribution in [0.2, 0.25) is 0 Å². The number of rotatable bonds is 7. The Morgan fingerprint density at radius 1 is 0.881 bits per heavy atom. The lowest BCUT2D eigenvalue weighted by molar-refractivity contribution is 0.0185. The first-order valence-electron chi connectivity index (χ1n) is 14.4. The quantitative estimate of drug-likeness (QED) is 0.377. The van der Waals surface area contributed by atoms with Crippen molar-refractivity contribution >= 4 is 17.9 Å². The van der Waals surface area contributed by atoms with E-state index in [1.165, 1.54) is 0 Å². The van der Waals surface area contributed by atoms with Gasteiger partial charge in [0, 0.05) is 44.3 Å². The standard InChI is InChI=1S/C33H39N3O6/c1-33(2,3)42-32(40)36-18-16-35(17-19-36)23-14-12-22(13-15-23)30(38)29(37)20-34-31(39)41-21-28-26-10-6-4-8-24(26)25-9-5-7-11-27(25)28/h4-15,28-30,37-38H,16-21H2,1-3H3,(H,34,39). The number of hydrogen-bond acceptors (Lipinski definition) is 7. The van der Waals surface area contributed by atoms with E-state index in [9.17, 15) is 19.8 Å². The molecule has 1 aliphatic heterocycles. The molecule has 9 heteroatoms. The Morgan fingerprint density at radius 2 is 1.45 bits per heavy atom. The number of amides is 2. The Labute approximate surface area is 246 Å². The average Bonchev–Trinajstić information content (AvgIpc) is 3.31. The number of aliphatic hydroxyl groups excluding tert-OH is 2. The van der Waals surface area contributed by atoms with Crippen LogP contribution in [-0.2, 0) is 9.47 Å². The molecular formula is C33H39N3O6. The van der Waals surface area contributed by atoms with E-state index in [0.717, 1.165) is 27.9 Å². The highest BCUT2D eigenvalue weighted by atomic mass is 16.6. The van der Waals surface area contributed by atoms with Crippen molar-refractivity contribution in [1.82, 2.24) is 10.2 Å². The maximum atomic E-state index is 12.5. The second kappa shape index (κ2) is 12.4. The maximum absolute atomic E-state index is 12.5. The fourth-order valence-electron chi connectivity index (χ4n) is 5.53. The molecule has 3 N–H and O–H groups in total. The molecule has 1 saturated heterocycles. The van der Waals surface area contributed by atoms with E-state index < -0.39 is 23.9 Å². The second-order valence-electron chi connectivity index (χ2n) is 11.8. The van der Waals surface area contributed by atoms with Gasteiger partial charge in [-0.25, -0.2) is 9.59 Å². The Balaban J connectivity index is 1.08. The minimum atomic E-state index is -1.21. The number of fused-ring (bicyclic) bond motifs is 3. The number of nitrogens with one attached hydrogen (secondary N) is 1. The van der Waals surface area contributed by atoms with Gasteiger partial charge in [0.1, 0.15) is 24.4 Å². The zero-order valence-corrected chi connectivity index (χ0v) is 24.3. The number of nitrogens with zero attached hydrogens (tertiary/aromatic N) is 2. The van der Waals surface area contributed by atoms with Gasteiger partial charge < -0.3 is 34.8 Å². The normalized spacial score (nSPS) is 16.3. The van der Waals surface area contributed by atoms with Crippen molar-refractivity contribution in [3.8, 4) is 11.1 Å². The highest BCUT2D eigenvalue weighted by Gasteiger charge is 2.30. The lowest BCUT2D eigenvalue weighted by Crippen LogP contribution is -2.50. The molecule has 1 aliphatic carbocycles. The van der Waals surface area contributed by atoms with Crippen molar-refractivity contribution in [3.05, 3.63) is 89.5 Å². The van der Waals surface area contributed by atoms with E-state index in [-0.39, 0.29) is 25.2 Å². The highest BCUT2D eigenvalue weighted by Crippen LogP contribution is 2.44.